The van der Waals surface area contributed by atoms with Crippen molar-refractivity contribution in [3.63, 3.8) is 0 Å². The zero-order chi connectivity index (χ0) is 13.7. The smallest absolute Gasteiger partial charge is 0.0637 e. The lowest BCUT2D eigenvalue weighted by Crippen LogP contribution is -2.37. The molecule has 0 bridgehead atoms. The summed E-state index contributed by atoms with van der Waals surface area (Å²) in [6, 6.07) is 7.94. The van der Waals surface area contributed by atoms with Gasteiger partial charge in [-0.1, -0.05) is 37.6 Å². The molecule has 0 aliphatic carbocycles. The summed E-state index contributed by atoms with van der Waals surface area (Å²) in [7, 11) is 0. The first-order valence-corrected chi connectivity index (χ1v) is 7.75. The number of hydrogen-bond donors (Lipinski definition) is 1. The molecule has 1 aromatic rings. The summed E-state index contributed by atoms with van der Waals surface area (Å²) in [6.07, 6.45) is 2.70. The minimum absolute atomic E-state index is 0.806. The number of rotatable bonds is 5. The van der Waals surface area contributed by atoms with Crippen LogP contribution in [-0.2, 0) is 0 Å². The molecule has 1 aliphatic rings. The van der Waals surface area contributed by atoms with Gasteiger partial charge in [0.1, 0.15) is 0 Å². The standard InChI is InChI=1S/C16H25ClN2/c1-13(2)14-7-10-19(11-8-14)12-9-18-16-6-4-3-5-15(16)17/h3-6,13-14,18H,7-12H2,1-2H3. The van der Waals surface area contributed by atoms with E-state index < -0.39 is 0 Å². The zero-order valence-corrected chi connectivity index (χ0v) is 12.8. The number of hydrogen-bond acceptors (Lipinski definition) is 2. The summed E-state index contributed by atoms with van der Waals surface area (Å²) in [5.74, 6) is 1.76. The van der Waals surface area contributed by atoms with E-state index in [9.17, 15) is 0 Å². The number of halogens is 1. The largest absolute Gasteiger partial charge is 0.383 e. The first-order chi connectivity index (χ1) is 9.16. The van der Waals surface area contributed by atoms with Crippen LogP contribution in [0.3, 0.4) is 0 Å². The van der Waals surface area contributed by atoms with Crippen LogP contribution in [0.15, 0.2) is 24.3 Å². The number of para-hydroxylation sites is 1. The molecule has 1 heterocycles. The van der Waals surface area contributed by atoms with Crippen LogP contribution in [0.5, 0.6) is 0 Å². The Bertz CT molecular complexity index is 384. The Morgan fingerprint density at radius 1 is 1.26 bits per heavy atom. The maximum atomic E-state index is 6.12. The van der Waals surface area contributed by atoms with Crippen LogP contribution in [0, 0.1) is 11.8 Å². The van der Waals surface area contributed by atoms with E-state index >= 15 is 0 Å². The van der Waals surface area contributed by atoms with Gasteiger partial charge in [0.05, 0.1) is 10.7 Å². The molecule has 1 fully saturated rings. The van der Waals surface area contributed by atoms with Crippen LogP contribution >= 0.6 is 11.6 Å². The second-order valence-corrected chi connectivity index (χ2v) is 6.24. The predicted molar refractivity (Wildman–Crippen MR) is 83.9 cm³/mol. The van der Waals surface area contributed by atoms with Crippen LogP contribution < -0.4 is 5.32 Å². The molecule has 106 valence electrons. The Morgan fingerprint density at radius 3 is 2.58 bits per heavy atom. The minimum atomic E-state index is 0.806. The lowest BCUT2D eigenvalue weighted by atomic mass is 9.87. The highest BCUT2D eigenvalue weighted by molar-refractivity contribution is 6.33. The summed E-state index contributed by atoms with van der Waals surface area (Å²) in [4.78, 5) is 2.56. The van der Waals surface area contributed by atoms with Crippen molar-refractivity contribution in [3.8, 4) is 0 Å². The van der Waals surface area contributed by atoms with Gasteiger partial charge in [-0.3, -0.25) is 0 Å². The van der Waals surface area contributed by atoms with Crippen molar-refractivity contribution in [1.29, 1.82) is 0 Å². The maximum absolute atomic E-state index is 6.12. The van der Waals surface area contributed by atoms with Crippen LogP contribution in [0.1, 0.15) is 26.7 Å². The fourth-order valence-electron chi connectivity index (χ4n) is 2.80. The zero-order valence-electron chi connectivity index (χ0n) is 12.0. The third-order valence-corrected chi connectivity index (χ3v) is 4.52. The monoisotopic (exact) mass is 280 g/mol. The molecule has 0 spiro atoms. The molecule has 1 N–H and O–H groups in total. The Morgan fingerprint density at radius 2 is 1.95 bits per heavy atom. The average molecular weight is 281 g/mol. The van der Waals surface area contributed by atoms with Crippen molar-refractivity contribution in [3.05, 3.63) is 29.3 Å². The molecule has 2 rings (SSSR count). The molecule has 0 unspecified atom stereocenters. The van der Waals surface area contributed by atoms with E-state index in [4.69, 9.17) is 11.6 Å². The number of nitrogens with one attached hydrogen (secondary N) is 1. The van der Waals surface area contributed by atoms with Crippen molar-refractivity contribution in [1.82, 2.24) is 4.90 Å². The van der Waals surface area contributed by atoms with Gasteiger partial charge in [-0.05, 0) is 49.9 Å². The van der Waals surface area contributed by atoms with Crippen molar-refractivity contribution >= 4 is 17.3 Å². The summed E-state index contributed by atoms with van der Waals surface area (Å²) >= 11 is 6.12. The number of nitrogens with zero attached hydrogens (tertiary/aromatic N) is 1. The molecule has 2 nitrogen and oxygen atoms in total. The fraction of sp³-hybridized carbons (Fsp3) is 0.625. The summed E-state index contributed by atoms with van der Waals surface area (Å²) in [6.45, 7) is 9.25. The average Bonchev–Trinajstić information content (AvgIpc) is 2.41. The Labute approximate surface area is 122 Å². The van der Waals surface area contributed by atoms with Gasteiger partial charge in [-0.2, -0.15) is 0 Å². The molecule has 0 atom stereocenters. The van der Waals surface area contributed by atoms with Crippen LogP contribution in [0.25, 0.3) is 0 Å². The van der Waals surface area contributed by atoms with Crippen molar-refractivity contribution in [2.24, 2.45) is 11.8 Å². The number of anilines is 1. The summed E-state index contributed by atoms with van der Waals surface area (Å²) in [5.41, 5.74) is 1.04. The first-order valence-electron chi connectivity index (χ1n) is 7.37. The van der Waals surface area contributed by atoms with E-state index in [2.05, 4.69) is 24.1 Å². The normalized spacial score (nSPS) is 17.9. The van der Waals surface area contributed by atoms with Crippen LogP contribution in [0.4, 0.5) is 5.69 Å². The van der Waals surface area contributed by atoms with Gasteiger partial charge in [0.25, 0.3) is 0 Å². The number of likely N-dealkylation sites (tertiary alicyclic amines) is 1. The number of piperidine rings is 1. The Balaban J connectivity index is 1.69. The molecular weight excluding hydrogens is 256 g/mol. The van der Waals surface area contributed by atoms with E-state index in [0.717, 1.165) is 35.6 Å². The van der Waals surface area contributed by atoms with E-state index in [-0.39, 0.29) is 0 Å². The summed E-state index contributed by atoms with van der Waals surface area (Å²) < 4.78 is 0. The minimum Gasteiger partial charge on any atom is -0.383 e. The van der Waals surface area contributed by atoms with Gasteiger partial charge < -0.3 is 10.2 Å². The molecule has 0 amide bonds. The molecule has 1 aromatic carbocycles. The topological polar surface area (TPSA) is 15.3 Å². The molecule has 1 saturated heterocycles. The van der Waals surface area contributed by atoms with E-state index in [1.54, 1.807) is 0 Å². The molecular formula is C16H25ClN2. The Kier molecular flexibility index (Phi) is 5.53. The van der Waals surface area contributed by atoms with E-state index in [0.29, 0.717) is 0 Å². The highest BCUT2D eigenvalue weighted by Gasteiger charge is 2.20. The van der Waals surface area contributed by atoms with Gasteiger partial charge in [-0.25, -0.2) is 0 Å². The quantitative estimate of drug-likeness (QED) is 0.873. The third-order valence-electron chi connectivity index (χ3n) is 4.19. The lowest BCUT2D eigenvalue weighted by Gasteiger charge is -2.33. The maximum Gasteiger partial charge on any atom is 0.0637 e. The summed E-state index contributed by atoms with van der Waals surface area (Å²) in [5, 5.41) is 4.23. The van der Waals surface area contributed by atoms with Gasteiger partial charge in [0.15, 0.2) is 0 Å². The fourth-order valence-corrected chi connectivity index (χ4v) is 3.00. The lowest BCUT2D eigenvalue weighted by molar-refractivity contribution is 0.162. The molecule has 0 saturated carbocycles. The molecule has 3 heteroatoms. The third kappa shape index (κ3) is 4.39. The van der Waals surface area contributed by atoms with Crippen molar-refractivity contribution in [2.45, 2.75) is 26.7 Å². The molecule has 0 aromatic heterocycles. The van der Waals surface area contributed by atoms with E-state index in [1.165, 1.54) is 25.9 Å². The second-order valence-electron chi connectivity index (χ2n) is 5.83. The molecule has 1 aliphatic heterocycles. The SMILES string of the molecule is CC(C)C1CCN(CCNc2ccccc2Cl)CC1. The van der Waals surface area contributed by atoms with Gasteiger partial charge in [0.2, 0.25) is 0 Å². The second kappa shape index (κ2) is 7.16. The van der Waals surface area contributed by atoms with Crippen molar-refractivity contribution in [2.75, 3.05) is 31.5 Å². The van der Waals surface area contributed by atoms with Crippen LogP contribution in [-0.4, -0.2) is 31.1 Å². The Hall–Kier alpha value is -0.730. The van der Waals surface area contributed by atoms with Gasteiger partial charge in [-0.15, -0.1) is 0 Å². The van der Waals surface area contributed by atoms with Crippen molar-refractivity contribution < 1.29 is 0 Å². The first kappa shape index (κ1) is 14.7. The molecule has 19 heavy (non-hydrogen) atoms. The van der Waals surface area contributed by atoms with E-state index in [1.807, 2.05) is 24.3 Å². The van der Waals surface area contributed by atoms with Crippen LogP contribution in [0.2, 0.25) is 5.02 Å². The van der Waals surface area contributed by atoms with Gasteiger partial charge >= 0.3 is 0 Å². The highest BCUT2D eigenvalue weighted by Crippen LogP contribution is 2.24. The highest BCUT2D eigenvalue weighted by atomic mass is 35.5. The molecule has 0 radical (unpaired) electrons. The number of benzene rings is 1. The predicted octanol–water partition coefficient (Wildman–Crippen LogP) is 4.12. The van der Waals surface area contributed by atoms with Gasteiger partial charge in [0, 0.05) is 13.1 Å².